The molecule has 0 spiro atoms. The van der Waals surface area contributed by atoms with E-state index in [0.717, 1.165) is 12.1 Å². The third-order valence-corrected chi connectivity index (χ3v) is 4.92. The van der Waals surface area contributed by atoms with Crippen molar-refractivity contribution in [1.29, 1.82) is 0 Å². The summed E-state index contributed by atoms with van der Waals surface area (Å²) < 4.78 is 1.78. The zero-order valence-electron chi connectivity index (χ0n) is 13.2. The van der Waals surface area contributed by atoms with Crippen LogP contribution < -0.4 is 5.32 Å². The van der Waals surface area contributed by atoms with E-state index in [2.05, 4.69) is 24.3 Å². The summed E-state index contributed by atoms with van der Waals surface area (Å²) in [5.41, 5.74) is 1.67. The molecular weight excluding hydrogens is 274 g/mol. The van der Waals surface area contributed by atoms with E-state index in [1.165, 1.54) is 12.8 Å². The molecule has 0 aliphatic heterocycles. The van der Waals surface area contributed by atoms with Crippen molar-refractivity contribution in [2.75, 3.05) is 0 Å². The van der Waals surface area contributed by atoms with Crippen LogP contribution >= 0.6 is 0 Å². The van der Waals surface area contributed by atoms with Crippen molar-refractivity contribution in [3.05, 3.63) is 48.3 Å². The number of amides is 1. The molecule has 3 rings (SSSR count). The Morgan fingerprint density at radius 3 is 2.68 bits per heavy atom. The van der Waals surface area contributed by atoms with Crippen molar-refractivity contribution in [2.24, 2.45) is 11.8 Å². The van der Waals surface area contributed by atoms with Crippen LogP contribution in [0.25, 0.3) is 5.69 Å². The van der Waals surface area contributed by atoms with Gasteiger partial charge in [0.1, 0.15) is 0 Å². The number of nitrogens with zero attached hydrogens (tertiary/aromatic N) is 2. The van der Waals surface area contributed by atoms with E-state index < -0.39 is 0 Å². The van der Waals surface area contributed by atoms with Gasteiger partial charge in [0.15, 0.2) is 0 Å². The number of carbonyl (C=O) groups is 1. The van der Waals surface area contributed by atoms with E-state index in [9.17, 15) is 4.79 Å². The van der Waals surface area contributed by atoms with Gasteiger partial charge in [-0.3, -0.25) is 4.79 Å². The standard InChI is InChI=1S/C18H23N3O/c1-13-5-3-6-17(14(13)2)20-18(22)15-7-9-16(10-8-15)21-12-4-11-19-21/h4,7-14,17H,3,5-6H2,1-2H3,(H,20,22). The SMILES string of the molecule is CC1CCCC(NC(=O)c2ccc(-n3cccn3)cc2)C1C. The van der Waals surface area contributed by atoms with E-state index in [0.29, 0.717) is 23.4 Å². The number of aromatic nitrogens is 2. The lowest BCUT2D eigenvalue weighted by Crippen LogP contribution is -2.43. The molecule has 22 heavy (non-hydrogen) atoms. The number of nitrogens with one attached hydrogen (secondary N) is 1. The molecule has 0 saturated heterocycles. The highest BCUT2D eigenvalue weighted by Gasteiger charge is 2.28. The fourth-order valence-corrected chi connectivity index (χ4v) is 3.22. The summed E-state index contributed by atoms with van der Waals surface area (Å²) in [5.74, 6) is 1.25. The van der Waals surface area contributed by atoms with Gasteiger partial charge in [0.05, 0.1) is 5.69 Å². The van der Waals surface area contributed by atoms with Crippen LogP contribution in [0.3, 0.4) is 0 Å². The quantitative estimate of drug-likeness (QED) is 0.943. The van der Waals surface area contributed by atoms with E-state index in [1.807, 2.05) is 36.5 Å². The number of hydrogen-bond acceptors (Lipinski definition) is 2. The lowest BCUT2D eigenvalue weighted by Gasteiger charge is -2.34. The molecule has 3 unspecified atom stereocenters. The van der Waals surface area contributed by atoms with Gasteiger partial charge in [-0.15, -0.1) is 0 Å². The van der Waals surface area contributed by atoms with Crippen molar-refractivity contribution in [1.82, 2.24) is 15.1 Å². The minimum Gasteiger partial charge on any atom is -0.349 e. The van der Waals surface area contributed by atoms with Gasteiger partial charge >= 0.3 is 0 Å². The number of hydrogen-bond donors (Lipinski definition) is 1. The molecule has 4 nitrogen and oxygen atoms in total. The van der Waals surface area contributed by atoms with Gasteiger partial charge in [0.25, 0.3) is 5.91 Å². The van der Waals surface area contributed by atoms with Crippen LogP contribution in [-0.4, -0.2) is 21.7 Å². The molecule has 1 amide bonds. The first-order chi connectivity index (χ1) is 10.6. The van der Waals surface area contributed by atoms with Crippen LogP contribution in [0.2, 0.25) is 0 Å². The van der Waals surface area contributed by atoms with E-state index in [-0.39, 0.29) is 5.91 Å². The summed E-state index contributed by atoms with van der Waals surface area (Å²) in [4.78, 5) is 12.4. The Morgan fingerprint density at radius 2 is 2.00 bits per heavy atom. The van der Waals surface area contributed by atoms with Crippen molar-refractivity contribution in [3.8, 4) is 5.69 Å². The molecule has 2 aromatic rings. The van der Waals surface area contributed by atoms with Crippen molar-refractivity contribution < 1.29 is 4.79 Å². The Bertz CT molecular complexity index is 618. The van der Waals surface area contributed by atoms with Gasteiger partial charge in [-0.2, -0.15) is 5.10 Å². The zero-order valence-corrected chi connectivity index (χ0v) is 13.2. The van der Waals surface area contributed by atoms with Gasteiger partial charge < -0.3 is 5.32 Å². The maximum absolute atomic E-state index is 12.4. The summed E-state index contributed by atoms with van der Waals surface area (Å²) in [6.07, 6.45) is 7.19. The first-order valence-corrected chi connectivity index (χ1v) is 8.06. The molecule has 1 aliphatic carbocycles. The highest BCUT2D eigenvalue weighted by Crippen LogP contribution is 2.29. The van der Waals surface area contributed by atoms with Crippen LogP contribution in [0.5, 0.6) is 0 Å². The molecule has 3 atom stereocenters. The van der Waals surface area contributed by atoms with Crippen LogP contribution in [0, 0.1) is 11.8 Å². The predicted molar refractivity (Wildman–Crippen MR) is 87.0 cm³/mol. The summed E-state index contributed by atoms with van der Waals surface area (Å²) in [6, 6.07) is 9.75. The second-order valence-electron chi connectivity index (χ2n) is 6.34. The molecule has 1 aliphatic rings. The van der Waals surface area contributed by atoms with Crippen LogP contribution in [0.4, 0.5) is 0 Å². The topological polar surface area (TPSA) is 46.9 Å². The highest BCUT2D eigenvalue weighted by molar-refractivity contribution is 5.94. The zero-order chi connectivity index (χ0) is 15.5. The number of benzene rings is 1. The third kappa shape index (κ3) is 3.06. The molecule has 1 N–H and O–H groups in total. The van der Waals surface area contributed by atoms with Crippen molar-refractivity contribution >= 4 is 5.91 Å². The van der Waals surface area contributed by atoms with Crippen molar-refractivity contribution in [3.63, 3.8) is 0 Å². The molecule has 4 heteroatoms. The summed E-state index contributed by atoms with van der Waals surface area (Å²) >= 11 is 0. The fourth-order valence-electron chi connectivity index (χ4n) is 3.22. The molecular formula is C18H23N3O. The fraction of sp³-hybridized carbons (Fsp3) is 0.444. The molecule has 1 fully saturated rings. The normalized spacial score (nSPS) is 24.9. The van der Waals surface area contributed by atoms with Gasteiger partial charge in [-0.25, -0.2) is 4.68 Å². The summed E-state index contributed by atoms with van der Waals surface area (Å²) in [6.45, 7) is 4.53. The second-order valence-corrected chi connectivity index (χ2v) is 6.34. The van der Waals surface area contributed by atoms with Crippen LogP contribution in [0.1, 0.15) is 43.5 Å². The van der Waals surface area contributed by atoms with E-state index in [4.69, 9.17) is 0 Å². The summed E-state index contributed by atoms with van der Waals surface area (Å²) in [7, 11) is 0. The highest BCUT2D eigenvalue weighted by atomic mass is 16.1. The first-order valence-electron chi connectivity index (χ1n) is 8.06. The predicted octanol–water partition coefficient (Wildman–Crippen LogP) is 3.43. The monoisotopic (exact) mass is 297 g/mol. The minimum atomic E-state index is 0.0259. The first kappa shape index (κ1) is 14.8. The Kier molecular flexibility index (Phi) is 4.27. The molecule has 1 heterocycles. The lowest BCUT2D eigenvalue weighted by atomic mass is 9.78. The smallest absolute Gasteiger partial charge is 0.251 e. The Balaban J connectivity index is 1.67. The number of rotatable bonds is 3. The third-order valence-electron chi connectivity index (χ3n) is 4.92. The largest absolute Gasteiger partial charge is 0.349 e. The van der Waals surface area contributed by atoms with Crippen LogP contribution in [0.15, 0.2) is 42.7 Å². The molecule has 1 aromatic carbocycles. The molecule has 0 bridgehead atoms. The molecule has 116 valence electrons. The van der Waals surface area contributed by atoms with Gasteiger partial charge in [0.2, 0.25) is 0 Å². The van der Waals surface area contributed by atoms with Crippen molar-refractivity contribution in [2.45, 2.75) is 39.2 Å². The Labute approximate surface area is 131 Å². The maximum atomic E-state index is 12.4. The minimum absolute atomic E-state index is 0.0259. The molecule has 1 aromatic heterocycles. The summed E-state index contributed by atoms with van der Waals surface area (Å²) in [5, 5.41) is 7.40. The van der Waals surface area contributed by atoms with E-state index >= 15 is 0 Å². The lowest BCUT2D eigenvalue weighted by molar-refractivity contribution is 0.0891. The Hall–Kier alpha value is -2.10. The van der Waals surface area contributed by atoms with Gasteiger partial charge in [-0.05, 0) is 48.6 Å². The second kappa shape index (κ2) is 6.34. The van der Waals surface area contributed by atoms with Gasteiger partial charge in [-0.1, -0.05) is 26.7 Å². The molecule has 0 radical (unpaired) electrons. The average Bonchev–Trinajstić information content (AvgIpc) is 3.06. The van der Waals surface area contributed by atoms with Gasteiger partial charge in [0, 0.05) is 24.0 Å². The van der Waals surface area contributed by atoms with E-state index in [1.54, 1.807) is 10.9 Å². The average molecular weight is 297 g/mol. The number of carbonyl (C=O) groups excluding carboxylic acids is 1. The maximum Gasteiger partial charge on any atom is 0.251 e. The Morgan fingerprint density at radius 1 is 1.23 bits per heavy atom. The van der Waals surface area contributed by atoms with Crippen LogP contribution in [-0.2, 0) is 0 Å². The molecule has 1 saturated carbocycles.